The third-order valence-corrected chi connectivity index (χ3v) is 3.99. The topological polar surface area (TPSA) is 44.1 Å². The van der Waals surface area contributed by atoms with Gasteiger partial charge in [-0.25, -0.2) is 13.8 Å². The number of thioether (sulfide) groups is 1. The molecule has 0 bridgehead atoms. The highest BCUT2D eigenvalue weighted by molar-refractivity contribution is 7.99. The number of ether oxygens (including phenoxy) is 1. The average molecular weight is 306 g/mol. The predicted molar refractivity (Wildman–Crippen MR) is 75.8 cm³/mol. The Morgan fingerprint density at radius 1 is 1.40 bits per heavy atom. The van der Waals surface area contributed by atoms with E-state index in [9.17, 15) is 13.6 Å². The standard InChI is InChI=1S/C13H20F2N2O2S/c1-9-8-16-13(17(2)12(9)18)20-7-5-11(15)10(14)4-6-19-3/h8,10-11H,4-7H2,1-3H3. The predicted octanol–water partition coefficient (Wildman–Crippen LogP) is 2.28. The van der Waals surface area contributed by atoms with E-state index in [1.54, 1.807) is 14.0 Å². The van der Waals surface area contributed by atoms with Crippen molar-refractivity contribution < 1.29 is 13.5 Å². The average Bonchev–Trinajstić information content (AvgIpc) is 2.44. The van der Waals surface area contributed by atoms with Gasteiger partial charge in [0.15, 0.2) is 5.16 Å². The first-order valence-electron chi connectivity index (χ1n) is 6.40. The molecule has 1 aromatic rings. The molecule has 0 aliphatic heterocycles. The van der Waals surface area contributed by atoms with Crippen molar-refractivity contribution in [2.45, 2.75) is 37.3 Å². The van der Waals surface area contributed by atoms with Gasteiger partial charge in [-0.1, -0.05) is 11.8 Å². The molecule has 1 rings (SSSR count). The number of nitrogens with zero attached hydrogens (tertiary/aromatic N) is 2. The van der Waals surface area contributed by atoms with Crippen molar-refractivity contribution in [2.24, 2.45) is 7.05 Å². The summed E-state index contributed by atoms with van der Waals surface area (Å²) in [5.41, 5.74) is 0.436. The summed E-state index contributed by atoms with van der Waals surface area (Å²) in [7, 11) is 3.08. The lowest BCUT2D eigenvalue weighted by atomic mass is 10.1. The monoisotopic (exact) mass is 306 g/mol. The minimum Gasteiger partial charge on any atom is -0.385 e. The van der Waals surface area contributed by atoms with Crippen molar-refractivity contribution in [1.82, 2.24) is 9.55 Å². The smallest absolute Gasteiger partial charge is 0.256 e. The Kier molecular flexibility index (Phi) is 7.15. The maximum absolute atomic E-state index is 13.5. The fourth-order valence-electron chi connectivity index (χ4n) is 1.63. The molecular weight excluding hydrogens is 286 g/mol. The van der Waals surface area contributed by atoms with Crippen LogP contribution < -0.4 is 5.56 Å². The molecule has 0 N–H and O–H groups in total. The van der Waals surface area contributed by atoms with E-state index in [0.29, 0.717) is 16.5 Å². The quantitative estimate of drug-likeness (QED) is 0.546. The molecule has 4 nitrogen and oxygen atoms in total. The molecule has 1 heterocycles. The summed E-state index contributed by atoms with van der Waals surface area (Å²) in [5.74, 6) is 0.373. The molecule has 0 aliphatic rings. The van der Waals surface area contributed by atoms with Crippen molar-refractivity contribution in [1.29, 1.82) is 0 Å². The highest BCUT2D eigenvalue weighted by Gasteiger charge is 2.20. The second-order valence-corrected chi connectivity index (χ2v) is 5.60. The van der Waals surface area contributed by atoms with Crippen LogP contribution in [-0.2, 0) is 11.8 Å². The SMILES string of the molecule is COCCC(F)C(F)CCSc1ncc(C)c(=O)n1C. The van der Waals surface area contributed by atoms with E-state index in [1.807, 2.05) is 0 Å². The maximum Gasteiger partial charge on any atom is 0.256 e. The maximum atomic E-state index is 13.5. The number of rotatable bonds is 8. The largest absolute Gasteiger partial charge is 0.385 e. The van der Waals surface area contributed by atoms with Crippen LogP contribution >= 0.6 is 11.8 Å². The molecule has 1 aromatic heterocycles. The van der Waals surface area contributed by atoms with Gasteiger partial charge in [-0.05, 0) is 13.3 Å². The number of alkyl halides is 2. The van der Waals surface area contributed by atoms with Crippen molar-refractivity contribution in [3.05, 3.63) is 22.1 Å². The molecule has 0 amide bonds. The summed E-state index contributed by atoms with van der Waals surface area (Å²) in [5, 5.41) is 0.514. The number of hydrogen-bond donors (Lipinski definition) is 0. The molecule has 114 valence electrons. The lowest BCUT2D eigenvalue weighted by Crippen LogP contribution is -2.22. The molecule has 20 heavy (non-hydrogen) atoms. The van der Waals surface area contributed by atoms with E-state index in [-0.39, 0.29) is 25.0 Å². The minimum atomic E-state index is -1.51. The summed E-state index contributed by atoms with van der Waals surface area (Å²) >= 11 is 1.25. The second kappa shape index (κ2) is 8.36. The Morgan fingerprint density at radius 3 is 2.70 bits per heavy atom. The van der Waals surface area contributed by atoms with Crippen LogP contribution in [0.2, 0.25) is 0 Å². The highest BCUT2D eigenvalue weighted by Crippen LogP contribution is 2.19. The van der Waals surface area contributed by atoms with Crippen LogP contribution in [0.1, 0.15) is 18.4 Å². The Balaban J connectivity index is 2.45. The molecule has 0 fully saturated rings. The van der Waals surface area contributed by atoms with Crippen molar-refractivity contribution in [3.63, 3.8) is 0 Å². The van der Waals surface area contributed by atoms with E-state index in [4.69, 9.17) is 4.74 Å². The van der Waals surface area contributed by atoms with Gasteiger partial charge in [0.1, 0.15) is 12.3 Å². The van der Waals surface area contributed by atoms with Crippen LogP contribution in [0.3, 0.4) is 0 Å². The lowest BCUT2D eigenvalue weighted by Gasteiger charge is -2.13. The summed E-state index contributed by atoms with van der Waals surface area (Å²) in [6.07, 6.45) is -1.39. The van der Waals surface area contributed by atoms with Crippen molar-refractivity contribution in [2.75, 3.05) is 19.5 Å². The Hall–Kier alpha value is -0.950. The van der Waals surface area contributed by atoms with Crippen LogP contribution in [0.4, 0.5) is 8.78 Å². The second-order valence-electron chi connectivity index (χ2n) is 4.54. The van der Waals surface area contributed by atoms with E-state index in [2.05, 4.69) is 4.98 Å². The first-order chi connectivity index (χ1) is 9.47. The van der Waals surface area contributed by atoms with Gasteiger partial charge in [-0.3, -0.25) is 9.36 Å². The number of aryl methyl sites for hydroxylation is 1. The third kappa shape index (κ3) is 4.86. The fourth-order valence-corrected chi connectivity index (χ4v) is 2.56. The molecule has 2 unspecified atom stereocenters. The zero-order valence-corrected chi connectivity index (χ0v) is 12.8. The van der Waals surface area contributed by atoms with Crippen LogP contribution in [-0.4, -0.2) is 41.4 Å². The van der Waals surface area contributed by atoms with Crippen molar-refractivity contribution >= 4 is 11.8 Å². The molecular formula is C13H20F2N2O2S. The lowest BCUT2D eigenvalue weighted by molar-refractivity contribution is 0.109. The van der Waals surface area contributed by atoms with Crippen molar-refractivity contribution in [3.8, 4) is 0 Å². The Labute approximate surface area is 121 Å². The number of hydrogen-bond acceptors (Lipinski definition) is 4. The van der Waals surface area contributed by atoms with Gasteiger partial charge in [0, 0.05) is 44.7 Å². The minimum absolute atomic E-state index is 0.0591. The number of methoxy groups -OCH3 is 1. The molecule has 0 radical (unpaired) electrons. The van der Waals surface area contributed by atoms with Gasteiger partial charge in [-0.2, -0.15) is 0 Å². The first-order valence-corrected chi connectivity index (χ1v) is 7.38. The Morgan fingerprint density at radius 2 is 2.05 bits per heavy atom. The summed E-state index contributed by atoms with van der Waals surface area (Å²) in [4.78, 5) is 15.8. The molecule has 0 saturated carbocycles. The summed E-state index contributed by atoms with van der Waals surface area (Å²) in [6, 6.07) is 0. The van der Waals surface area contributed by atoms with E-state index in [1.165, 1.54) is 29.6 Å². The highest BCUT2D eigenvalue weighted by atomic mass is 32.2. The third-order valence-electron chi connectivity index (χ3n) is 2.91. The zero-order valence-electron chi connectivity index (χ0n) is 11.9. The molecule has 0 spiro atoms. The van der Waals surface area contributed by atoms with Crippen LogP contribution in [0.5, 0.6) is 0 Å². The van der Waals surface area contributed by atoms with Gasteiger partial charge in [0.25, 0.3) is 5.56 Å². The van der Waals surface area contributed by atoms with Crippen LogP contribution in [0.25, 0.3) is 0 Å². The van der Waals surface area contributed by atoms with Gasteiger partial charge in [-0.15, -0.1) is 0 Å². The first kappa shape index (κ1) is 17.1. The molecule has 0 aromatic carbocycles. The summed E-state index contributed by atoms with van der Waals surface area (Å²) in [6.45, 7) is 1.90. The normalized spacial score (nSPS) is 14.2. The molecule has 0 aliphatic carbocycles. The van der Waals surface area contributed by atoms with Crippen LogP contribution in [0, 0.1) is 6.92 Å². The Bertz CT molecular complexity index is 482. The van der Waals surface area contributed by atoms with Gasteiger partial charge in [0.2, 0.25) is 0 Å². The van der Waals surface area contributed by atoms with E-state index in [0.717, 1.165) is 0 Å². The zero-order chi connectivity index (χ0) is 15.1. The number of halogens is 2. The van der Waals surface area contributed by atoms with Gasteiger partial charge < -0.3 is 4.74 Å². The van der Waals surface area contributed by atoms with Crippen LogP contribution in [0.15, 0.2) is 16.1 Å². The van der Waals surface area contributed by atoms with Gasteiger partial charge >= 0.3 is 0 Å². The molecule has 2 atom stereocenters. The fraction of sp³-hybridized carbons (Fsp3) is 0.692. The molecule has 7 heteroatoms. The molecule has 0 saturated heterocycles. The summed E-state index contributed by atoms with van der Waals surface area (Å²) < 4.78 is 33.0. The van der Waals surface area contributed by atoms with E-state index >= 15 is 0 Å². The van der Waals surface area contributed by atoms with E-state index < -0.39 is 12.3 Å². The van der Waals surface area contributed by atoms with Gasteiger partial charge in [0.05, 0.1) is 0 Å². The number of aromatic nitrogens is 2.